The summed E-state index contributed by atoms with van der Waals surface area (Å²) in [4.78, 5) is 39.1. The molecule has 0 spiro atoms. The minimum atomic E-state index is -4.78. The Labute approximate surface area is 205 Å². The number of rotatable bonds is 7. The fourth-order valence-electron chi connectivity index (χ4n) is 2.93. The van der Waals surface area contributed by atoms with E-state index in [2.05, 4.69) is 10.3 Å². The summed E-state index contributed by atoms with van der Waals surface area (Å²) in [6, 6.07) is 3.87. The molecule has 0 saturated carbocycles. The summed E-state index contributed by atoms with van der Waals surface area (Å²) in [5.74, 6) is -1.16. The number of nitrogens with zero attached hydrogens (tertiary/aromatic N) is 2. The number of hydrogen-bond acceptors (Lipinski definition) is 7. The van der Waals surface area contributed by atoms with Crippen molar-refractivity contribution < 1.29 is 37.2 Å². The van der Waals surface area contributed by atoms with E-state index in [0.29, 0.717) is 0 Å². The maximum absolute atomic E-state index is 13.6. The molecule has 0 aliphatic carbocycles. The van der Waals surface area contributed by atoms with Crippen LogP contribution in [0.15, 0.2) is 30.3 Å². The number of methoxy groups -OCH3 is 1. The molecule has 0 atom stereocenters. The Bertz CT molecular complexity index is 1200. The third-order valence-corrected chi connectivity index (χ3v) is 4.56. The zero-order valence-corrected chi connectivity index (χ0v) is 20.5. The highest BCUT2D eigenvalue weighted by Crippen LogP contribution is 2.38. The number of carbonyl (C=O) groups is 2. The topological polar surface area (TPSA) is 121 Å². The Hall–Kier alpha value is -3.96. The van der Waals surface area contributed by atoms with Gasteiger partial charge < -0.3 is 9.47 Å². The largest absolute Gasteiger partial charge is 0.476 e. The zero-order chi connectivity index (χ0) is 27.4. The van der Waals surface area contributed by atoms with Crippen LogP contribution in [0.4, 0.5) is 29.3 Å². The molecule has 0 unspecified atom stereocenters. The van der Waals surface area contributed by atoms with E-state index in [1.54, 1.807) is 34.6 Å². The van der Waals surface area contributed by atoms with Gasteiger partial charge in [-0.1, -0.05) is 13.8 Å². The average molecular weight is 509 g/mol. The van der Waals surface area contributed by atoms with Gasteiger partial charge in [-0.25, -0.2) is 9.78 Å². The Kier molecular flexibility index (Phi) is 8.45. The van der Waals surface area contributed by atoms with E-state index in [4.69, 9.17) is 9.47 Å². The summed E-state index contributed by atoms with van der Waals surface area (Å²) in [6.45, 7) is 8.06. The molecule has 9 nitrogen and oxygen atoms in total. The highest BCUT2D eigenvalue weighted by Gasteiger charge is 2.32. The first-order valence-corrected chi connectivity index (χ1v) is 10.7. The number of carbonyl (C=O) groups excluding carboxylic acids is 2. The predicted octanol–water partition coefficient (Wildman–Crippen LogP) is 6.27. The molecule has 0 aliphatic heterocycles. The molecule has 1 amide bonds. The summed E-state index contributed by atoms with van der Waals surface area (Å²) in [7, 11) is 1.12. The number of aromatic nitrogens is 1. The highest BCUT2D eigenvalue weighted by molar-refractivity contribution is 5.95. The number of ketones is 1. The number of halogens is 3. The number of nitrogens with one attached hydrogen (secondary N) is 1. The standard InChI is InChI=1S/C24H26F3N3O6/c1-13(2)19(31)8-7-14-11-18(29-21(35-6)20(14)30(33)34)15-9-16(24(25,26)27)12-17(10-15)28-22(32)36-23(3,4)5/h7-13H,1-6H3,(H,28,32)/b8-7+. The van der Waals surface area contributed by atoms with Crippen molar-refractivity contribution in [2.75, 3.05) is 12.4 Å². The van der Waals surface area contributed by atoms with Crippen LogP contribution in [0.1, 0.15) is 45.7 Å². The molecule has 1 heterocycles. The number of hydrogen-bond donors (Lipinski definition) is 1. The Morgan fingerprint density at radius 1 is 1.14 bits per heavy atom. The van der Waals surface area contributed by atoms with Crippen molar-refractivity contribution in [2.24, 2.45) is 5.92 Å². The van der Waals surface area contributed by atoms with E-state index in [9.17, 15) is 32.9 Å². The van der Waals surface area contributed by atoms with Gasteiger partial charge in [0, 0.05) is 17.2 Å². The molecule has 36 heavy (non-hydrogen) atoms. The number of amides is 1. The molecule has 0 fully saturated rings. The molecule has 194 valence electrons. The van der Waals surface area contributed by atoms with Crippen molar-refractivity contribution >= 4 is 29.3 Å². The Morgan fingerprint density at radius 2 is 1.78 bits per heavy atom. The van der Waals surface area contributed by atoms with Crippen LogP contribution >= 0.6 is 0 Å². The number of ether oxygens (including phenoxy) is 2. The first-order chi connectivity index (χ1) is 16.5. The summed E-state index contributed by atoms with van der Waals surface area (Å²) >= 11 is 0. The number of allylic oxidation sites excluding steroid dienone is 1. The van der Waals surface area contributed by atoms with Crippen LogP contribution < -0.4 is 10.1 Å². The van der Waals surface area contributed by atoms with Gasteiger partial charge in [-0.05, 0) is 57.2 Å². The lowest BCUT2D eigenvalue weighted by Crippen LogP contribution is -2.27. The summed E-state index contributed by atoms with van der Waals surface area (Å²) in [6.07, 6.45) is -3.44. The van der Waals surface area contributed by atoms with Gasteiger partial charge in [0.1, 0.15) is 5.60 Å². The van der Waals surface area contributed by atoms with E-state index in [0.717, 1.165) is 31.4 Å². The van der Waals surface area contributed by atoms with Crippen molar-refractivity contribution in [3.63, 3.8) is 0 Å². The number of nitro groups is 1. The lowest BCUT2D eigenvalue weighted by molar-refractivity contribution is -0.386. The van der Waals surface area contributed by atoms with E-state index < -0.39 is 39.9 Å². The molecule has 1 N–H and O–H groups in total. The molecule has 0 radical (unpaired) electrons. The first-order valence-electron chi connectivity index (χ1n) is 10.7. The van der Waals surface area contributed by atoms with Crippen LogP contribution in [0.2, 0.25) is 0 Å². The first kappa shape index (κ1) is 28.3. The molecule has 12 heteroatoms. The molecule has 1 aromatic heterocycles. The van der Waals surface area contributed by atoms with E-state index in [-0.39, 0.29) is 34.2 Å². The van der Waals surface area contributed by atoms with Crippen molar-refractivity contribution in [1.29, 1.82) is 0 Å². The van der Waals surface area contributed by atoms with Crippen LogP contribution in [-0.4, -0.2) is 34.5 Å². The Morgan fingerprint density at radius 3 is 2.28 bits per heavy atom. The van der Waals surface area contributed by atoms with E-state index in [1.807, 2.05) is 0 Å². The van der Waals surface area contributed by atoms with Crippen LogP contribution in [0, 0.1) is 16.0 Å². The molecule has 0 saturated heterocycles. The van der Waals surface area contributed by atoms with Gasteiger partial charge >= 0.3 is 18.0 Å². The minimum absolute atomic E-state index is 0.102. The fraction of sp³-hybridized carbons (Fsp3) is 0.375. The SMILES string of the molecule is COc1nc(-c2cc(NC(=O)OC(C)(C)C)cc(C(F)(F)F)c2)cc(/C=C/C(=O)C(C)C)c1[N+](=O)[O-]. The second kappa shape index (κ2) is 10.8. The van der Waals surface area contributed by atoms with Gasteiger partial charge in [0.05, 0.1) is 28.9 Å². The molecular formula is C24H26F3N3O6. The monoisotopic (exact) mass is 509 g/mol. The smallest absolute Gasteiger partial charge is 0.416 e. The van der Waals surface area contributed by atoms with Crippen molar-refractivity contribution in [1.82, 2.24) is 4.98 Å². The number of alkyl halides is 3. The summed E-state index contributed by atoms with van der Waals surface area (Å²) in [5.41, 5.74) is -3.13. The van der Waals surface area contributed by atoms with Gasteiger partial charge in [0.15, 0.2) is 5.78 Å². The third kappa shape index (κ3) is 7.52. The lowest BCUT2D eigenvalue weighted by atomic mass is 10.0. The normalized spacial score (nSPS) is 12.1. The maximum atomic E-state index is 13.6. The van der Waals surface area contributed by atoms with Gasteiger partial charge in [0.2, 0.25) is 0 Å². The van der Waals surface area contributed by atoms with Crippen LogP contribution in [0.25, 0.3) is 17.3 Å². The van der Waals surface area contributed by atoms with Crippen LogP contribution in [0.3, 0.4) is 0 Å². The summed E-state index contributed by atoms with van der Waals surface area (Å²) in [5, 5.41) is 13.9. The lowest BCUT2D eigenvalue weighted by Gasteiger charge is -2.20. The Balaban J connectivity index is 2.71. The van der Waals surface area contributed by atoms with E-state index >= 15 is 0 Å². The molecule has 0 bridgehead atoms. The van der Waals surface area contributed by atoms with Gasteiger partial charge in [0.25, 0.3) is 5.88 Å². The average Bonchev–Trinajstić information content (AvgIpc) is 2.74. The predicted molar refractivity (Wildman–Crippen MR) is 127 cm³/mol. The van der Waals surface area contributed by atoms with Crippen LogP contribution in [0.5, 0.6) is 5.88 Å². The molecule has 0 aliphatic rings. The number of pyridine rings is 1. The van der Waals surface area contributed by atoms with Gasteiger partial charge in [-0.15, -0.1) is 0 Å². The highest BCUT2D eigenvalue weighted by atomic mass is 19.4. The van der Waals surface area contributed by atoms with Gasteiger partial charge in [-0.2, -0.15) is 13.2 Å². The van der Waals surface area contributed by atoms with E-state index in [1.165, 1.54) is 12.1 Å². The third-order valence-electron chi connectivity index (χ3n) is 4.56. The fourth-order valence-corrected chi connectivity index (χ4v) is 2.93. The second-order valence-electron chi connectivity index (χ2n) is 9.03. The molecule has 1 aromatic carbocycles. The van der Waals surface area contributed by atoms with Crippen molar-refractivity contribution in [3.05, 3.63) is 51.6 Å². The minimum Gasteiger partial charge on any atom is -0.476 e. The van der Waals surface area contributed by atoms with Crippen molar-refractivity contribution in [3.8, 4) is 17.1 Å². The quantitative estimate of drug-likeness (QED) is 0.265. The summed E-state index contributed by atoms with van der Waals surface area (Å²) < 4.78 is 51.0. The molecule has 2 rings (SSSR count). The number of benzene rings is 1. The zero-order valence-electron chi connectivity index (χ0n) is 20.5. The molecule has 2 aromatic rings. The van der Waals surface area contributed by atoms with Crippen LogP contribution in [-0.2, 0) is 15.7 Å². The van der Waals surface area contributed by atoms with Crippen molar-refractivity contribution in [2.45, 2.75) is 46.4 Å². The number of anilines is 1. The van der Waals surface area contributed by atoms with Gasteiger partial charge in [-0.3, -0.25) is 20.2 Å². The molecular weight excluding hydrogens is 483 g/mol. The second-order valence-corrected chi connectivity index (χ2v) is 9.03. The maximum Gasteiger partial charge on any atom is 0.416 e.